The van der Waals surface area contributed by atoms with Crippen molar-refractivity contribution in [3.8, 4) is 0 Å². The van der Waals surface area contributed by atoms with Crippen molar-refractivity contribution in [2.24, 2.45) is 11.8 Å². The Morgan fingerprint density at radius 3 is 2.30 bits per heavy atom. The van der Waals surface area contributed by atoms with Crippen LogP contribution in [0.15, 0.2) is 12.2 Å². The van der Waals surface area contributed by atoms with E-state index in [1.807, 2.05) is 17.1 Å². The predicted molar refractivity (Wildman–Crippen MR) is 76.3 cm³/mol. The molecule has 2 atom stereocenters. The van der Waals surface area contributed by atoms with Crippen LogP contribution >= 0.6 is 0 Å². The molecule has 0 aromatic heterocycles. The third kappa shape index (κ3) is 2.87. The lowest BCUT2D eigenvalue weighted by atomic mass is 9.81. The molecule has 20 heavy (non-hydrogen) atoms. The number of carbonyl (C=O) groups is 2. The van der Waals surface area contributed by atoms with Crippen molar-refractivity contribution in [2.75, 3.05) is 26.7 Å². The molecule has 1 heterocycles. The van der Waals surface area contributed by atoms with Gasteiger partial charge >= 0.3 is 5.97 Å². The molecule has 1 fully saturated rings. The molecule has 5 nitrogen and oxygen atoms in total. The molecule has 1 aliphatic heterocycles. The Hall–Kier alpha value is -1.36. The number of rotatable bonds is 2. The first-order valence-electron chi connectivity index (χ1n) is 7.21. The summed E-state index contributed by atoms with van der Waals surface area (Å²) in [5.41, 5.74) is -0.0584. The second kappa shape index (κ2) is 5.56. The molecular formula is C15H24N2O3. The molecule has 5 heteroatoms. The Balaban J connectivity index is 2.10. The topological polar surface area (TPSA) is 60.9 Å². The first kappa shape index (κ1) is 15.0. The number of aliphatic carboxylic acids is 1. The molecule has 1 N–H and O–H groups in total. The Kier molecular flexibility index (Phi) is 4.18. The highest BCUT2D eigenvalue weighted by molar-refractivity contribution is 5.85. The minimum Gasteiger partial charge on any atom is -0.481 e. The summed E-state index contributed by atoms with van der Waals surface area (Å²) in [7, 11) is 2.06. The van der Waals surface area contributed by atoms with Gasteiger partial charge in [0.2, 0.25) is 5.91 Å². The molecule has 112 valence electrons. The van der Waals surface area contributed by atoms with Gasteiger partial charge in [0, 0.05) is 25.2 Å². The number of piperazine rings is 1. The van der Waals surface area contributed by atoms with Gasteiger partial charge in [-0.2, -0.15) is 0 Å². The van der Waals surface area contributed by atoms with Crippen LogP contribution in [0.1, 0.15) is 26.7 Å². The standard InChI is InChI=1S/C15H24N2O3/c1-15(2)10-17(9-8-16(15)3)13(18)11-6-4-5-7-12(11)14(19)20/h4-5,11-12H,6-10H2,1-3H3,(H,19,20). The van der Waals surface area contributed by atoms with E-state index in [1.54, 1.807) is 0 Å². The second-order valence-electron chi connectivity index (χ2n) is 6.49. The quantitative estimate of drug-likeness (QED) is 0.772. The average Bonchev–Trinajstić information content (AvgIpc) is 2.41. The molecular weight excluding hydrogens is 256 g/mol. The van der Waals surface area contributed by atoms with Crippen molar-refractivity contribution in [3.05, 3.63) is 12.2 Å². The van der Waals surface area contributed by atoms with Crippen molar-refractivity contribution >= 4 is 11.9 Å². The van der Waals surface area contributed by atoms with Gasteiger partial charge in [0.15, 0.2) is 0 Å². The first-order chi connectivity index (χ1) is 9.33. The summed E-state index contributed by atoms with van der Waals surface area (Å²) in [5.74, 6) is -1.84. The molecule has 1 saturated heterocycles. The number of likely N-dealkylation sites (N-methyl/N-ethyl adjacent to an activating group) is 1. The van der Waals surface area contributed by atoms with Crippen LogP contribution < -0.4 is 0 Å². The zero-order valence-electron chi connectivity index (χ0n) is 12.5. The van der Waals surface area contributed by atoms with Gasteiger partial charge in [0.25, 0.3) is 0 Å². The van der Waals surface area contributed by atoms with Crippen LogP contribution in [0.25, 0.3) is 0 Å². The van der Waals surface area contributed by atoms with Crippen molar-refractivity contribution in [1.29, 1.82) is 0 Å². The SMILES string of the molecule is CN1CCN(C(=O)C2CC=CCC2C(=O)O)CC1(C)C. The summed E-state index contributed by atoms with van der Waals surface area (Å²) < 4.78 is 0. The van der Waals surface area contributed by atoms with Crippen LogP contribution in [-0.2, 0) is 9.59 Å². The zero-order chi connectivity index (χ0) is 14.9. The smallest absolute Gasteiger partial charge is 0.307 e. The second-order valence-corrected chi connectivity index (χ2v) is 6.49. The van der Waals surface area contributed by atoms with E-state index in [4.69, 9.17) is 0 Å². The van der Waals surface area contributed by atoms with E-state index < -0.39 is 17.8 Å². The van der Waals surface area contributed by atoms with Gasteiger partial charge in [0.1, 0.15) is 0 Å². The first-order valence-corrected chi connectivity index (χ1v) is 7.21. The van der Waals surface area contributed by atoms with Gasteiger partial charge in [-0.25, -0.2) is 0 Å². The molecule has 0 radical (unpaired) electrons. The number of carboxylic acids is 1. The Labute approximate surface area is 120 Å². The molecule has 2 aliphatic rings. The average molecular weight is 280 g/mol. The van der Waals surface area contributed by atoms with Gasteiger partial charge in [-0.3, -0.25) is 14.5 Å². The number of allylic oxidation sites excluding steroid dienone is 2. The molecule has 1 aliphatic carbocycles. The van der Waals surface area contributed by atoms with E-state index in [-0.39, 0.29) is 11.4 Å². The van der Waals surface area contributed by atoms with Gasteiger partial charge in [0.05, 0.1) is 11.8 Å². The van der Waals surface area contributed by atoms with Crippen molar-refractivity contribution < 1.29 is 14.7 Å². The summed E-state index contributed by atoms with van der Waals surface area (Å²) in [5, 5.41) is 9.29. The lowest BCUT2D eigenvalue weighted by molar-refractivity contribution is -0.152. The summed E-state index contributed by atoms with van der Waals surface area (Å²) in [6.07, 6.45) is 4.81. The summed E-state index contributed by atoms with van der Waals surface area (Å²) in [6, 6.07) is 0. The molecule has 2 unspecified atom stereocenters. The summed E-state index contributed by atoms with van der Waals surface area (Å²) >= 11 is 0. The maximum atomic E-state index is 12.7. The monoisotopic (exact) mass is 280 g/mol. The molecule has 0 aromatic rings. The van der Waals surface area contributed by atoms with Crippen LogP contribution in [0.3, 0.4) is 0 Å². The lowest BCUT2D eigenvalue weighted by Crippen LogP contribution is -2.60. The van der Waals surface area contributed by atoms with Crippen molar-refractivity contribution in [3.63, 3.8) is 0 Å². The van der Waals surface area contributed by atoms with E-state index in [1.165, 1.54) is 0 Å². The molecule has 1 amide bonds. The van der Waals surface area contributed by atoms with E-state index >= 15 is 0 Å². The fourth-order valence-electron chi connectivity index (χ4n) is 3.02. The van der Waals surface area contributed by atoms with Gasteiger partial charge in [-0.05, 0) is 33.7 Å². The van der Waals surface area contributed by atoms with Crippen LogP contribution in [-0.4, -0.2) is 59.0 Å². The Morgan fingerprint density at radius 2 is 1.75 bits per heavy atom. The number of carboxylic acid groups (broad SMARTS) is 1. The molecule has 0 spiro atoms. The van der Waals surface area contributed by atoms with E-state index in [2.05, 4.69) is 25.8 Å². The highest BCUT2D eigenvalue weighted by atomic mass is 16.4. The molecule has 0 bridgehead atoms. The maximum Gasteiger partial charge on any atom is 0.307 e. The minimum atomic E-state index is -0.860. The van der Waals surface area contributed by atoms with Crippen molar-refractivity contribution in [1.82, 2.24) is 9.80 Å². The van der Waals surface area contributed by atoms with Crippen LogP contribution in [0, 0.1) is 11.8 Å². The zero-order valence-corrected chi connectivity index (χ0v) is 12.5. The molecule has 0 saturated carbocycles. The third-order valence-corrected chi connectivity index (χ3v) is 4.69. The van der Waals surface area contributed by atoms with E-state index in [0.717, 1.165) is 6.54 Å². The Bertz CT molecular complexity index is 431. The predicted octanol–water partition coefficient (Wildman–Crippen LogP) is 1.21. The van der Waals surface area contributed by atoms with Gasteiger partial charge in [-0.1, -0.05) is 12.2 Å². The van der Waals surface area contributed by atoms with Crippen LogP contribution in [0.2, 0.25) is 0 Å². The minimum absolute atomic E-state index is 0.00271. The number of hydrogen-bond donors (Lipinski definition) is 1. The van der Waals surface area contributed by atoms with Gasteiger partial charge < -0.3 is 10.0 Å². The van der Waals surface area contributed by atoms with Crippen molar-refractivity contribution in [2.45, 2.75) is 32.2 Å². The fourth-order valence-corrected chi connectivity index (χ4v) is 3.02. The molecule has 2 rings (SSSR count). The number of carbonyl (C=O) groups excluding carboxylic acids is 1. The normalized spacial score (nSPS) is 30.2. The number of nitrogens with zero attached hydrogens (tertiary/aromatic N) is 2. The van der Waals surface area contributed by atoms with Crippen LogP contribution in [0.4, 0.5) is 0 Å². The largest absolute Gasteiger partial charge is 0.481 e. The number of hydrogen-bond acceptors (Lipinski definition) is 3. The Morgan fingerprint density at radius 1 is 1.15 bits per heavy atom. The van der Waals surface area contributed by atoms with E-state index in [9.17, 15) is 14.7 Å². The highest BCUT2D eigenvalue weighted by Gasteiger charge is 2.40. The highest BCUT2D eigenvalue weighted by Crippen LogP contribution is 2.29. The molecule has 0 aromatic carbocycles. The summed E-state index contributed by atoms with van der Waals surface area (Å²) in [4.78, 5) is 28.1. The maximum absolute atomic E-state index is 12.7. The third-order valence-electron chi connectivity index (χ3n) is 4.69. The van der Waals surface area contributed by atoms with E-state index in [0.29, 0.717) is 25.9 Å². The van der Waals surface area contributed by atoms with Crippen LogP contribution in [0.5, 0.6) is 0 Å². The summed E-state index contributed by atoms with van der Waals surface area (Å²) in [6.45, 7) is 6.41. The fraction of sp³-hybridized carbons (Fsp3) is 0.733. The van der Waals surface area contributed by atoms with Gasteiger partial charge in [-0.15, -0.1) is 0 Å². The number of amides is 1. The lowest BCUT2D eigenvalue weighted by Gasteiger charge is -2.46.